The molecule has 1 aromatic carbocycles. The predicted octanol–water partition coefficient (Wildman–Crippen LogP) is 3.35. The summed E-state index contributed by atoms with van der Waals surface area (Å²) in [5, 5.41) is 3.24. The quantitative estimate of drug-likeness (QED) is 0.729. The lowest BCUT2D eigenvalue weighted by Crippen LogP contribution is -2.28. The second-order valence-electron chi connectivity index (χ2n) is 4.70. The zero-order valence-electron chi connectivity index (χ0n) is 12.0. The predicted molar refractivity (Wildman–Crippen MR) is 75.2 cm³/mol. The summed E-state index contributed by atoms with van der Waals surface area (Å²) in [4.78, 5) is 2.34. The Balaban J connectivity index is 2.39. The molecule has 0 aliphatic rings. The normalized spacial score (nSPS) is 12.9. The molecule has 2 nitrogen and oxygen atoms in total. The average molecular weight is 270 g/mol. The smallest absolute Gasteiger partial charge is 0.163 e. The fraction of sp³-hybridized carbons (Fsp3) is 0.600. The molecule has 0 aromatic heterocycles. The fourth-order valence-corrected chi connectivity index (χ4v) is 2.13. The van der Waals surface area contributed by atoms with E-state index < -0.39 is 11.6 Å². The number of nitrogens with one attached hydrogen (secondary N) is 1. The van der Waals surface area contributed by atoms with Crippen molar-refractivity contribution in [1.82, 2.24) is 10.2 Å². The summed E-state index contributed by atoms with van der Waals surface area (Å²) in [6.07, 6.45) is 1.00. The van der Waals surface area contributed by atoms with Gasteiger partial charge >= 0.3 is 0 Å². The van der Waals surface area contributed by atoms with E-state index in [0.29, 0.717) is 5.56 Å². The van der Waals surface area contributed by atoms with Crippen molar-refractivity contribution in [2.75, 3.05) is 26.2 Å². The molecule has 19 heavy (non-hydrogen) atoms. The Morgan fingerprint density at radius 2 is 1.89 bits per heavy atom. The van der Waals surface area contributed by atoms with Crippen molar-refractivity contribution in [3.8, 4) is 0 Å². The summed E-state index contributed by atoms with van der Waals surface area (Å²) in [7, 11) is 0. The van der Waals surface area contributed by atoms with E-state index in [1.165, 1.54) is 0 Å². The van der Waals surface area contributed by atoms with E-state index in [1.807, 2.05) is 6.92 Å². The standard InChI is InChI=1S/C15H24F2N2/c1-4-19(5-2)11-7-10-18-12(3)13-8-6-9-14(16)15(13)17/h6,8-9,12,18H,4-5,7,10-11H2,1-3H3. The molecule has 0 radical (unpaired) electrons. The average Bonchev–Trinajstić information content (AvgIpc) is 2.42. The van der Waals surface area contributed by atoms with Crippen LogP contribution in [0.15, 0.2) is 18.2 Å². The van der Waals surface area contributed by atoms with E-state index in [-0.39, 0.29) is 6.04 Å². The lowest BCUT2D eigenvalue weighted by Gasteiger charge is -2.19. The fourth-order valence-electron chi connectivity index (χ4n) is 2.13. The topological polar surface area (TPSA) is 15.3 Å². The van der Waals surface area contributed by atoms with Crippen LogP contribution in [0.2, 0.25) is 0 Å². The molecule has 1 N–H and O–H groups in total. The van der Waals surface area contributed by atoms with Crippen molar-refractivity contribution >= 4 is 0 Å². The minimum Gasteiger partial charge on any atom is -0.310 e. The number of hydrogen-bond acceptors (Lipinski definition) is 2. The molecule has 1 atom stereocenters. The van der Waals surface area contributed by atoms with Crippen LogP contribution in [0.3, 0.4) is 0 Å². The second kappa shape index (κ2) is 8.23. The maximum absolute atomic E-state index is 13.6. The lowest BCUT2D eigenvalue weighted by molar-refractivity contribution is 0.296. The van der Waals surface area contributed by atoms with Gasteiger partial charge < -0.3 is 10.2 Å². The molecule has 108 valence electrons. The molecule has 0 aliphatic heterocycles. The third-order valence-electron chi connectivity index (χ3n) is 3.44. The van der Waals surface area contributed by atoms with Crippen molar-refractivity contribution < 1.29 is 8.78 Å². The van der Waals surface area contributed by atoms with Gasteiger partial charge in [-0.25, -0.2) is 8.78 Å². The van der Waals surface area contributed by atoms with Crippen LogP contribution in [-0.2, 0) is 0 Å². The Labute approximate surface area is 114 Å². The summed E-state index contributed by atoms with van der Waals surface area (Å²) in [5.41, 5.74) is 0.392. The van der Waals surface area contributed by atoms with Crippen LogP contribution in [0.4, 0.5) is 8.78 Å². The molecule has 1 aromatic rings. The van der Waals surface area contributed by atoms with Crippen molar-refractivity contribution in [3.05, 3.63) is 35.4 Å². The highest BCUT2D eigenvalue weighted by molar-refractivity contribution is 5.21. The summed E-state index contributed by atoms with van der Waals surface area (Å²) >= 11 is 0. The van der Waals surface area contributed by atoms with Crippen LogP contribution < -0.4 is 5.32 Å². The van der Waals surface area contributed by atoms with Gasteiger partial charge in [0.2, 0.25) is 0 Å². The van der Waals surface area contributed by atoms with Gasteiger partial charge in [-0.3, -0.25) is 0 Å². The SMILES string of the molecule is CCN(CC)CCCNC(C)c1cccc(F)c1F. The van der Waals surface area contributed by atoms with Crippen molar-refractivity contribution in [2.24, 2.45) is 0 Å². The van der Waals surface area contributed by atoms with Gasteiger partial charge in [0, 0.05) is 11.6 Å². The van der Waals surface area contributed by atoms with E-state index in [0.717, 1.165) is 38.7 Å². The zero-order valence-corrected chi connectivity index (χ0v) is 12.0. The van der Waals surface area contributed by atoms with E-state index in [4.69, 9.17) is 0 Å². The molecule has 0 aliphatic carbocycles. The minimum absolute atomic E-state index is 0.174. The largest absolute Gasteiger partial charge is 0.310 e. The molecular weight excluding hydrogens is 246 g/mol. The Morgan fingerprint density at radius 1 is 1.21 bits per heavy atom. The third-order valence-corrected chi connectivity index (χ3v) is 3.44. The van der Waals surface area contributed by atoms with Crippen molar-refractivity contribution in [1.29, 1.82) is 0 Å². The van der Waals surface area contributed by atoms with Gasteiger partial charge in [0.05, 0.1) is 0 Å². The maximum Gasteiger partial charge on any atom is 0.163 e. The second-order valence-corrected chi connectivity index (χ2v) is 4.70. The minimum atomic E-state index is -0.783. The number of benzene rings is 1. The first-order valence-electron chi connectivity index (χ1n) is 6.99. The maximum atomic E-state index is 13.6. The van der Waals surface area contributed by atoms with E-state index >= 15 is 0 Å². The molecule has 0 saturated heterocycles. The number of hydrogen-bond donors (Lipinski definition) is 1. The first-order valence-corrected chi connectivity index (χ1v) is 6.99. The van der Waals surface area contributed by atoms with E-state index in [9.17, 15) is 8.78 Å². The highest BCUT2D eigenvalue weighted by Gasteiger charge is 2.13. The Bertz CT molecular complexity index is 378. The van der Waals surface area contributed by atoms with Crippen LogP contribution in [0.5, 0.6) is 0 Å². The van der Waals surface area contributed by atoms with Crippen LogP contribution >= 0.6 is 0 Å². The van der Waals surface area contributed by atoms with Gasteiger partial charge in [-0.2, -0.15) is 0 Å². The van der Waals surface area contributed by atoms with Gasteiger partial charge in [0.15, 0.2) is 11.6 Å². The third kappa shape index (κ3) is 4.88. The molecule has 0 fully saturated rings. The summed E-state index contributed by atoms with van der Waals surface area (Å²) in [6.45, 7) is 10.1. The summed E-state index contributed by atoms with van der Waals surface area (Å²) < 4.78 is 26.7. The Morgan fingerprint density at radius 3 is 2.53 bits per heavy atom. The van der Waals surface area contributed by atoms with Crippen LogP contribution in [0.1, 0.15) is 38.8 Å². The van der Waals surface area contributed by atoms with E-state index in [1.54, 1.807) is 12.1 Å². The first-order chi connectivity index (χ1) is 9.10. The molecule has 1 rings (SSSR count). The number of halogens is 2. The summed E-state index contributed by atoms with van der Waals surface area (Å²) in [5.74, 6) is -1.53. The monoisotopic (exact) mass is 270 g/mol. The zero-order chi connectivity index (χ0) is 14.3. The van der Waals surface area contributed by atoms with Gasteiger partial charge in [-0.1, -0.05) is 26.0 Å². The lowest BCUT2D eigenvalue weighted by atomic mass is 10.1. The molecule has 0 saturated carbocycles. The van der Waals surface area contributed by atoms with Crippen LogP contribution in [0.25, 0.3) is 0 Å². The first kappa shape index (κ1) is 16.1. The van der Waals surface area contributed by atoms with Crippen LogP contribution in [-0.4, -0.2) is 31.1 Å². The molecule has 0 spiro atoms. The van der Waals surface area contributed by atoms with Crippen molar-refractivity contribution in [2.45, 2.75) is 33.2 Å². The highest BCUT2D eigenvalue weighted by Crippen LogP contribution is 2.18. The van der Waals surface area contributed by atoms with Gasteiger partial charge in [-0.15, -0.1) is 0 Å². The number of rotatable bonds is 8. The van der Waals surface area contributed by atoms with Gasteiger partial charge in [-0.05, 0) is 45.6 Å². The molecule has 0 amide bonds. The van der Waals surface area contributed by atoms with Crippen LogP contribution in [0, 0.1) is 11.6 Å². The summed E-state index contributed by atoms with van der Waals surface area (Å²) in [6, 6.07) is 4.14. The van der Waals surface area contributed by atoms with E-state index in [2.05, 4.69) is 24.1 Å². The molecule has 4 heteroatoms. The van der Waals surface area contributed by atoms with Crippen molar-refractivity contribution in [3.63, 3.8) is 0 Å². The Kier molecular flexibility index (Phi) is 6.95. The van der Waals surface area contributed by atoms with Gasteiger partial charge in [0.1, 0.15) is 0 Å². The molecular formula is C15H24F2N2. The van der Waals surface area contributed by atoms with Gasteiger partial charge in [0.25, 0.3) is 0 Å². The number of nitrogens with zero attached hydrogens (tertiary/aromatic N) is 1. The Hall–Kier alpha value is -1.00. The molecule has 0 heterocycles. The highest BCUT2D eigenvalue weighted by atomic mass is 19.2. The molecule has 0 bridgehead atoms. The molecule has 1 unspecified atom stereocenters.